The molecule has 5 rings (SSSR count). The van der Waals surface area contributed by atoms with Gasteiger partial charge in [-0.15, -0.1) is 0 Å². The lowest BCUT2D eigenvalue weighted by Crippen LogP contribution is -2.56. The van der Waals surface area contributed by atoms with Gasteiger partial charge in [-0.3, -0.25) is 0 Å². The van der Waals surface area contributed by atoms with Crippen molar-refractivity contribution < 1.29 is 0 Å². The first-order valence-corrected chi connectivity index (χ1v) is 9.43. The largest absolute Gasteiger partial charge is 0.311 e. The molecule has 0 aromatic rings. The molecule has 20 heavy (non-hydrogen) atoms. The molecule has 0 aromatic carbocycles. The van der Waals surface area contributed by atoms with Gasteiger partial charge in [-0.25, -0.2) is 0 Å². The summed E-state index contributed by atoms with van der Waals surface area (Å²) in [6.45, 7) is 4.90. The average molecular weight is 275 g/mol. The molecule has 114 valence electrons. The molecule has 4 bridgehead atoms. The van der Waals surface area contributed by atoms with Crippen LogP contribution in [0.5, 0.6) is 0 Å². The highest BCUT2D eigenvalue weighted by atomic mass is 15.0. The van der Waals surface area contributed by atoms with Gasteiger partial charge in [0.1, 0.15) is 0 Å². The molecule has 5 fully saturated rings. The molecule has 5 aliphatic carbocycles. The van der Waals surface area contributed by atoms with Crippen molar-refractivity contribution in [1.82, 2.24) is 5.32 Å². The Labute approximate surface area is 125 Å². The van der Waals surface area contributed by atoms with Crippen LogP contribution in [0.2, 0.25) is 0 Å². The Bertz CT molecular complexity index is 325. The van der Waals surface area contributed by atoms with Crippen molar-refractivity contribution >= 4 is 0 Å². The van der Waals surface area contributed by atoms with Gasteiger partial charge in [0, 0.05) is 12.1 Å². The van der Waals surface area contributed by atoms with E-state index in [1.165, 1.54) is 25.7 Å². The van der Waals surface area contributed by atoms with Crippen LogP contribution in [0, 0.1) is 29.1 Å². The summed E-state index contributed by atoms with van der Waals surface area (Å²) >= 11 is 0. The van der Waals surface area contributed by atoms with Crippen molar-refractivity contribution in [3.8, 4) is 0 Å². The van der Waals surface area contributed by atoms with E-state index in [4.69, 9.17) is 0 Å². The van der Waals surface area contributed by atoms with Crippen molar-refractivity contribution in [3.63, 3.8) is 0 Å². The molecule has 3 atom stereocenters. The molecule has 0 spiro atoms. The van der Waals surface area contributed by atoms with Crippen molar-refractivity contribution in [2.75, 3.05) is 0 Å². The van der Waals surface area contributed by atoms with Crippen LogP contribution in [0.15, 0.2) is 0 Å². The van der Waals surface area contributed by atoms with E-state index in [1.807, 2.05) is 0 Å². The smallest absolute Gasteiger partial charge is 0.00980 e. The Morgan fingerprint density at radius 3 is 2.05 bits per heavy atom. The summed E-state index contributed by atoms with van der Waals surface area (Å²) in [6.07, 6.45) is 15.1. The zero-order chi connectivity index (χ0) is 13.7. The Morgan fingerprint density at radius 2 is 1.55 bits per heavy atom. The third-order valence-corrected chi connectivity index (χ3v) is 7.61. The fraction of sp³-hybridized carbons (Fsp3) is 1.00. The summed E-state index contributed by atoms with van der Waals surface area (Å²) in [5, 5.41) is 4.10. The molecule has 0 heterocycles. The third-order valence-electron chi connectivity index (χ3n) is 7.61. The van der Waals surface area contributed by atoms with Gasteiger partial charge in [-0.1, -0.05) is 13.3 Å². The highest BCUT2D eigenvalue weighted by molar-refractivity contribution is 5.05. The van der Waals surface area contributed by atoms with Crippen LogP contribution in [0.25, 0.3) is 0 Å². The molecule has 1 heteroatoms. The maximum absolute atomic E-state index is 4.10. The normalized spacial score (nSPS) is 51.6. The monoisotopic (exact) mass is 275 g/mol. The fourth-order valence-electron chi connectivity index (χ4n) is 6.84. The van der Waals surface area contributed by atoms with Gasteiger partial charge in [0.2, 0.25) is 0 Å². The molecule has 0 radical (unpaired) electrons. The lowest BCUT2D eigenvalue weighted by atomic mass is 9.48. The van der Waals surface area contributed by atoms with Crippen LogP contribution < -0.4 is 5.32 Å². The SMILES string of the molecule is CCC1CCC(NC(C)C23CC4CC(CC(C4)C2)C3)C1. The molecule has 0 aromatic heterocycles. The van der Waals surface area contributed by atoms with Crippen LogP contribution in [-0.2, 0) is 0 Å². The summed E-state index contributed by atoms with van der Waals surface area (Å²) in [5.74, 6) is 4.29. The third kappa shape index (κ3) is 2.25. The molecule has 1 nitrogen and oxygen atoms in total. The maximum atomic E-state index is 4.10. The van der Waals surface area contributed by atoms with Crippen LogP contribution in [-0.4, -0.2) is 12.1 Å². The summed E-state index contributed by atoms with van der Waals surface area (Å²) in [7, 11) is 0. The minimum Gasteiger partial charge on any atom is -0.311 e. The standard InChI is InChI=1S/C19H33N/c1-3-14-4-5-18(9-14)20-13(2)19-10-15-6-16(11-19)8-17(7-15)12-19/h13-18,20H,3-12H2,1-2H3. The molecule has 5 aliphatic rings. The van der Waals surface area contributed by atoms with E-state index in [1.54, 1.807) is 38.5 Å². The molecule has 1 N–H and O–H groups in total. The van der Waals surface area contributed by atoms with E-state index < -0.39 is 0 Å². The maximum Gasteiger partial charge on any atom is 0.00980 e. The van der Waals surface area contributed by atoms with Crippen LogP contribution >= 0.6 is 0 Å². The summed E-state index contributed by atoms with van der Waals surface area (Å²) in [4.78, 5) is 0. The van der Waals surface area contributed by atoms with E-state index >= 15 is 0 Å². The predicted octanol–water partition coefficient (Wildman–Crippen LogP) is 4.76. The van der Waals surface area contributed by atoms with Gasteiger partial charge >= 0.3 is 0 Å². The lowest BCUT2D eigenvalue weighted by molar-refractivity contribution is -0.0720. The van der Waals surface area contributed by atoms with Gasteiger partial charge < -0.3 is 5.32 Å². The fourth-order valence-corrected chi connectivity index (χ4v) is 6.84. The van der Waals surface area contributed by atoms with Crippen molar-refractivity contribution in [3.05, 3.63) is 0 Å². The predicted molar refractivity (Wildman–Crippen MR) is 84.6 cm³/mol. The van der Waals surface area contributed by atoms with Gasteiger partial charge in [-0.2, -0.15) is 0 Å². The Kier molecular flexibility index (Phi) is 3.41. The van der Waals surface area contributed by atoms with Crippen molar-refractivity contribution in [2.45, 2.75) is 90.1 Å². The number of rotatable bonds is 4. The molecule has 0 saturated heterocycles. The van der Waals surface area contributed by atoms with E-state index in [0.29, 0.717) is 5.41 Å². The molecule has 3 unspecified atom stereocenters. The zero-order valence-corrected chi connectivity index (χ0v) is 13.5. The van der Waals surface area contributed by atoms with E-state index in [-0.39, 0.29) is 0 Å². The number of hydrogen-bond donors (Lipinski definition) is 1. The van der Waals surface area contributed by atoms with Gasteiger partial charge in [-0.05, 0) is 93.8 Å². The zero-order valence-electron chi connectivity index (χ0n) is 13.5. The molecular weight excluding hydrogens is 242 g/mol. The topological polar surface area (TPSA) is 12.0 Å². The minimum atomic E-state index is 0.694. The number of nitrogens with one attached hydrogen (secondary N) is 1. The first kappa shape index (κ1) is 13.6. The van der Waals surface area contributed by atoms with E-state index in [0.717, 1.165) is 35.8 Å². The van der Waals surface area contributed by atoms with Gasteiger partial charge in [0.15, 0.2) is 0 Å². The lowest BCUT2D eigenvalue weighted by Gasteiger charge is -2.59. The summed E-state index contributed by atoms with van der Waals surface area (Å²) in [5.41, 5.74) is 0.694. The van der Waals surface area contributed by atoms with Gasteiger partial charge in [0.25, 0.3) is 0 Å². The Balaban J connectivity index is 1.42. The Hall–Kier alpha value is -0.0400. The Morgan fingerprint density at radius 1 is 0.950 bits per heavy atom. The van der Waals surface area contributed by atoms with E-state index in [2.05, 4.69) is 19.2 Å². The van der Waals surface area contributed by atoms with Crippen LogP contribution in [0.1, 0.15) is 78.1 Å². The second kappa shape index (κ2) is 5.00. The second-order valence-corrected chi connectivity index (χ2v) is 8.95. The molecule has 0 aliphatic heterocycles. The van der Waals surface area contributed by atoms with Gasteiger partial charge in [0.05, 0.1) is 0 Å². The molecular formula is C19H33N. The first-order chi connectivity index (χ1) is 9.67. The highest BCUT2D eigenvalue weighted by Gasteiger charge is 2.53. The van der Waals surface area contributed by atoms with Crippen LogP contribution in [0.3, 0.4) is 0 Å². The quantitative estimate of drug-likeness (QED) is 0.780. The van der Waals surface area contributed by atoms with Crippen molar-refractivity contribution in [2.24, 2.45) is 29.1 Å². The van der Waals surface area contributed by atoms with E-state index in [9.17, 15) is 0 Å². The van der Waals surface area contributed by atoms with Crippen LogP contribution in [0.4, 0.5) is 0 Å². The summed E-state index contributed by atoms with van der Waals surface area (Å²) < 4.78 is 0. The number of hydrogen-bond acceptors (Lipinski definition) is 1. The highest BCUT2D eigenvalue weighted by Crippen LogP contribution is 2.61. The first-order valence-electron chi connectivity index (χ1n) is 9.43. The minimum absolute atomic E-state index is 0.694. The average Bonchev–Trinajstić information content (AvgIpc) is 2.85. The molecule has 0 amide bonds. The summed E-state index contributed by atoms with van der Waals surface area (Å²) in [6, 6.07) is 1.61. The second-order valence-electron chi connectivity index (χ2n) is 8.95. The van der Waals surface area contributed by atoms with Crippen molar-refractivity contribution in [1.29, 1.82) is 0 Å². The molecule has 5 saturated carbocycles.